The van der Waals surface area contributed by atoms with Crippen LogP contribution in [0.25, 0.3) is 10.6 Å². The van der Waals surface area contributed by atoms with Gasteiger partial charge >= 0.3 is 0 Å². The summed E-state index contributed by atoms with van der Waals surface area (Å²) in [6.45, 7) is 2.47. The zero-order valence-electron chi connectivity index (χ0n) is 18.3. The van der Waals surface area contributed by atoms with Gasteiger partial charge in [0, 0.05) is 11.4 Å². The third-order valence-corrected chi connectivity index (χ3v) is 7.41. The fraction of sp³-hybridized carbons (Fsp3) is 0.304. The molecule has 1 amide bonds. The average molecular weight is 488 g/mol. The molecule has 3 aromatic rings. The molecule has 0 unspecified atom stereocenters. The molecule has 10 heteroatoms. The summed E-state index contributed by atoms with van der Waals surface area (Å²) in [5, 5.41) is 5.35. The molecule has 1 fully saturated rings. The Bertz CT molecular complexity index is 1250. The SMILES string of the molecule is CCOc1ccccc1-c1nc(CC(=O)Nc2cc(S(=O)(=O)NC3CC3)ccc2OC)cs1. The summed E-state index contributed by atoms with van der Waals surface area (Å²) in [4.78, 5) is 17.4. The van der Waals surface area contributed by atoms with E-state index in [1.54, 1.807) is 0 Å². The van der Waals surface area contributed by atoms with Gasteiger partial charge < -0.3 is 14.8 Å². The van der Waals surface area contributed by atoms with Crippen LogP contribution in [0, 0.1) is 0 Å². The molecule has 0 bridgehead atoms. The van der Waals surface area contributed by atoms with Crippen LogP contribution in [0.3, 0.4) is 0 Å². The third-order valence-electron chi connectivity index (χ3n) is 4.97. The van der Waals surface area contributed by atoms with Crippen molar-refractivity contribution in [1.29, 1.82) is 0 Å². The maximum absolute atomic E-state index is 12.7. The highest BCUT2D eigenvalue weighted by Crippen LogP contribution is 2.33. The van der Waals surface area contributed by atoms with Crippen LogP contribution in [0.5, 0.6) is 11.5 Å². The first-order valence-corrected chi connectivity index (χ1v) is 12.9. The Kier molecular flexibility index (Phi) is 6.96. The average Bonchev–Trinajstić information content (AvgIpc) is 3.48. The molecule has 1 aromatic heterocycles. The van der Waals surface area contributed by atoms with E-state index in [0.29, 0.717) is 23.7 Å². The summed E-state index contributed by atoms with van der Waals surface area (Å²) in [5.74, 6) is 0.791. The zero-order chi connectivity index (χ0) is 23.4. The smallest absolute Gasteiger partial charge is 0.240 e. The number of hydrogen-bond donors (Lipinski definition) is 2. The highest BCUT2D eigenvalue weighted by molar-refractivity contribution is 7.89. The number of methoxy groups -OCH3 is 1. The normalized spacial score (nSPS) is 13.5. The number of nitrogens with zero attached hydrogens (tertiary/aromatic N) is 1. The van der Waals surface area contributed by atoms with Crippen molar-refractivity contribution in [1.82, 2.24) is 9.71 Å². The monoisotopic (exact) mass is 487 g/mol. The van der Waals surface area contributed by atoms with E-state index in [-0.39, 0.29) is 23.3 Å². The summed E-state index contributed by atoms with van der Waals surface area (Å²) in [5.41, 5.74) is 1.77. The van der Waals surface area contributed by atoms with Gasteiger partial charge in [0.2, 0.25) is 15.9 Å². The maximum Gasteiger partial charge on any atom is 0.240 e. The topological polar surface area (TPSA) is 107 Å². The van der Waals surface area contributed by atoms with E-state index in [1.807, 2.05) is 36.6 Å². The quantitative estimate of drug-likeness (QED) is 0.450. The number of para-hydroxylation sites is 1. The lowest BCUT2D eigenvalue weighted by Gasteiger charge is -2.12. The largest absolute Gasteiger partial charge is 0.495 e. The fourth-order valence-electron chi connectivity index (χ4n) is 3.24. The van der Waals surface area contributed by atoms with E-state index >= 15 is 0 Å². The van der Waals surface area contributed by atoms with Gasteiger partial charge in [-0.05, 0) is 50.1 Å². The number of nitrogens with one attached hydrogen (secondary N) is 2. The van der Waals surface area contributed by atoms with Crippen LogP contribution in [0.2, 0.25) is 0 Å². The van der Waals surface area contributed by atoms with E-state index in [0.717, 1.165) is 29.2 Å². The van der Waals surface area contributed by atoms with Crippen molar-refractivity contribution in [3.05, 3.63) is 53.5 Å². The molecule has 1 aliphatic carbocycles. The second-order valence-electron chi connectivity index (χ2n) is 7.56. The zero-order valence-corrected chi connectivity index (χ0v) is 20.0. The molecule has 4 rings (SSSR count). The summed E-state index contributed by atoms with van der Waals surface area (Å²) in [7, 11) is -2.19. The predicted molar refractivity (Wildman–Crippen MR) is 127 cm³/mol. The van der Waals surface area contributed by atoms with Gasteiger partial charge in [-0.25, -0.2) is 18.1 Å². The number of ether oxygens (including phenoxy) is 2. The van der Waals surface area contributed by atoms with Gasteiger partial charge in [-0.1, -0.05) is 12.1 Å². The van der Waals surface area contributed by atoms with E-state index in [2.05, 4.69) is 15.0 Å². The van der Waals surface area contributed by atoms with Crippen molar-refractivity contribution in [3.63, 3.8) is 0 Å². The van der Waals surface area contributed by atoms with E-state index in [9.17, 15) is 13.2 Å². The van der Waals surface area contributed by atoms with Crippen LogP contribution in [0.15, 0.2) is 52.7 Å². The minimum Gasteiger partial charge on any atom is -0.495 e. The minimum atomic E-state index is -3.65. The molecule has 8 nitrogen and oxygen atoms in total. The summed E-state index contributed by atoms with van der Waals surface area (Å²) in [6, 6.07) is 12.0. The molecule has 0 radical (unpaired) electrons. The standard InChI is InChI=1S/C23H25N3O5S2/c1-3-31-20-7-5-4-6-18(20)23-24-16(14-32-23)12-22(27)25-19-13-17(10-11-21(19)30-2)33(28,29)26-15-8-9-15/h4-7,10-11,13-15,26H,3,8-9,12H2,1-2H3,(H,25,27). The van der Waals surface area contributed by atoms with E-state index in [4.69, 9.17) is 9.47 Å². The Morgan fingerprint density at radius 2 is 1.97 bits per heavy atom. The van der Waals surface area contributed by atoms with Gasteiger partial charge in [-0.3, -0.25) is 4.79 Å². The molecule has 1 aliphatic rings. The molecule has 0 spiro atoms. The molecule has 0 aliphatic heterocycles. The highest BCUT2D eigenvalue weighted by atomic mass is 32.2. The third kappa shape index (κ3) is 5.70. The molecule has 2 N–H and O–H groups in total. The van der Waals surface area contributed by atoms with Gasteiger partial charge in [0.15, 0.2) is 0 Å². The van der Waals surface area contributed by atoms with Crippen LogP contribution in [-0.4, -0.2) is 39.1 Å². The number of hydrogen-bond acceptors (Lipinski definition) is 7. The van der Waals surface area contributed by atoms with Gasteiger partial charge in [-0.15, -0.1) is 11.3 Å². The number of amides is 1. The van der Waals surface area contributed by atoms with Crippen LogP contribution in [0.1, 0.15) is 25.5 Å². The lowest BCUT2D eigenvalue weighted by molar-refractivity contribution is -0.115. The Morgan fingerprint density at radius 3 is 2.70 bits per heavy atom. The Balaban J connectivity index is 1.49. The van der Waals surface area contributed by atoms with E-state index in [1.165, 1.54) is 36.6 Å². The Morgan fingerprint density at radius 1 is 1.18 bits per heavy atom. The van der Waals surface area contributed by atoms with Gasteiger partial charge in [0.05, 0.1) is 42.0 Å². The summed E-state index contributed by atoms with van der Waals surface area (Å²) >= 11 is 1.43. The number of benzene rings is 2. The molecule has 33 heavy (non-hydrogen) atoms. The maximum atomic E-state index is 12.7. The number of carbonyl (C=O) groups excluding carboxylic acids is 1. The van der Waals surface area contributed by atoms with Crippen molar-refractivity contribution in [2.75, 3.05) is 19.0 Å². The Labute approximate surface area is 197 Å². The Hall–Kier alpha value is -2.95. The van der Waals surface area contributed by atoms with Crippen molar-refractivity contribution < 1.29 is 22.7 Å². The summed E-state index contributed by atoms with van der Waals surface area (Å²) < 4.78 is 38.7. The van der Waals surface area contributed by atoms with Gasteiger partial charge in [-0.2, -0.15) is 0 Å². The van der Waals surface area contributed by atoms with Crippen LogP contribution < -0.4 is 19.5 Å². The van der Waals surface area contributed by atoms with Crippen molar-refractivity contribution in [2.24, 2.45) is 0 Å². The van der Waals surface area contributed by atoms with Crippen LogP contribution >= 0.6 is 11.3 Å². The number of rotatable bonds is 10. The first kappa shape index (κ1) is 23.2. The number of thiazole rings is 1. The van der Waals surface area contributed by atoms with Crippen molar-refractivity contribution in [3.8, 4) is 22.1 Å². The second kappa shape index (κ2) is 9.90. The predicted octanol–water partition coefficient (Wildman–Crippen LogP) is 3.84. The molecule has 0 atom stereocenters. The summed E-state index contributed by atoms with van der Waals surface area (Å²) in [6.07, 6.45) is 1.71. The van der Waals surface area contributed by atoms with Crippen LogP contribution in [0.4, 0.5) is 5.69 Å². The van der Waals surface area contributed by atoms with Gasteiger partial charge in [0.1, 0.15) is 16.5 Å². The fourth-order valence-corrected chi connectivity index (χ4v) is 5.42. The molecular formula is C23H25N3O5S2. The molecule has 2 aromatic carbocycles. The molecular weight excluding hydrogens is 462 g/mol. The van der Waals surface area contributed by atoms with Crippen molar-refractivity contribution in [2.45, 2.75) is 37.1 Å². The lowest BCUT2D eigenvalue weighted by Crippen LogP contribution is -2.26. The van der Waals surface area contributed by atoms with Crippen molar-refractivity contribution >= 4 is 33.0 Å². The minimum absolute atomic E-state index is 0.0122. The van der Waals surface area contributed by atoms with Crippen LogP contribution in [-0.2, 0) is 21.2 Å². The molecule has 0 saturated heterocycles. The molecule has 174 valence electrons. The lowest BCUT2D eigenvalue weighted by atomic mass is 10.2. The molecule has 1 heterocycles. The second-order valence-corrected chi connectivity index (χ2v) is 10.1. The molecule has 1 saturated carbocycles. The number of anilines is 1. The number of sulfonamides is 1. The highest BCUT2D eigenvalue weighted by Gasteiger charge is 2.28. The van der Waals surface area contributed by atoms with E-state index < -0.39 is 10.0 Å². The number of aromatic nitrogens is 1. The first-order valence-electron chi connectivity index (χ1n) is 10.6. The number of carbonyl (C=O) groups is 1. The first-order chi connectivity index (χ1) is 15.9. The van der Waals surface area contributed by atoms with Gasteiger partial charge in [0.25, 0.3) is 0 Å².